The van der Waals surface area contributed by atoms with Gasteiger partial charge in [-0.1, -0.05) is 84.2 Å². The fourth-order valence-electron chi connectivity index (χ4n) is 1.81. The Balaban J connectivity index is 2.03. The van der Waals surface area contributed by atoms with Gasteiger partial charge in [0.1, 0.15) is 10.5 Å². The molecule has 108 valence electrons. The number of benzene rings is 2. The van der Waals surface area contributed by atoms with Crippen molar-refractivity contribution in [2.45, 2.75) is 10.5 Å². The van der Waals surface area contributed by atoms with Gasteiger partial charge >= 0.3 is 0 Å². The van der Waals surface area contributed by atoms with Crippen LogP contribution < -0.4 is 0 Å². The summed E-state index contributed by atoms with van der Waals surface area (Å²) < 4.78 is -0.231. The van der Waals surface area contributed by atoms with Crippen molar-refractivity contribution in [3.63, 3.8) is 0 Å². The van der Waals surface area contributed by atoms with Crippen LogP contribution in [0.1, 0.15) is 21.6 Å². The number of carbonyl (C=O) groups excluding carboxylic acids is 1. The summed E-state index contributed by atoms with van der Waals surface area (Å²) in [6, 6.07) is 22.6. The van der Waals surface area contributed by atoms with E-state index in [4.69, 9.17) is 0 Å². The van der Waals surface area contributed by atoms with Crippen LogP contribution in [0.5, 0.6) is 0 Å². The molecule has 0 heterocycles. The molecule has 0 bridgehead atoms. The zero-order chi connectivity index (χ0) is 15.8. The van der Waals surface area contributed by atoms with Gasteiger partial charge in [-0.05, 0) is 11.1 Å². The predicted molar refractivity (Wildman–Crippen MR) is 90.2 cm³/mol. The van der Waals surface area contributed by atoms with E-state index in [0.29, 0.717) is 0 Å². The van der Waals surface area contributed by atoms with E-state index in [2.05, 4.69) is 12.1 Å². The summed E-state index contributed by atoms with van der Waals surface area (Å²) in [5.41, 5.74) is 1.58. The number of thioether (sulfide) groups is 2. The molecule has 2 aromatic rings. The quantitative estimate of drug-likeness (QED) is 0.782. The molecule has 0 spiro atoms. The lowest BCUT2D eigenvalue weighted by atomic mass is 10.2. The summed E-state index contributed by atoms with van der Waals surface area (Å²) >= 11 is 1.90. The SMILES string of the molecule is N#CC(SC(=O)SC(C#N)c1ccccc1)c1ccccc1. The van der Waals surface area contributed by atoms with Crippen LogP contribution in [0.2, 0.25) is 0 Å². The molecular formula is C17H12N2OS2. The molecule has 2 atom stereocenters. The fraction of sp³-hybridized carbons (Fsp3) is 0.118. The van der Waals surface area contributed by atoms with Crippen LogP contribution in [0.25, 0.3) is 0 Å². The van der Waals surface area contributed by atoms with E-state index in [0.717, 1.165) is 34.7 Å². The van der Waals surface area contributed by atoms with Gasteiger partial charge in [0.2, 0.25) is 4.45 Å². The smallest absolute Gasteiger partial charge is 0.249 e. The van der Waals surface area contributed by atoms with E-state index in [-0.39, 0.29) is 4.45 Å². The summed E-state index contributed by atoms with van der Waals surface area (Å²) in [4.78, 5) is 12.2. The molecule has 0 N–H and O–H groups in total. The molecule has 0 saturated carbocycles. The minimum Gasteiger partial charge on any atom is -0.274 e. The van der Waals surface area contributed by atoms with Crippen molar-refractivity contribution in [2.75, 3.05) is 0 Å². The van der Waals surface area contributed by atoms with Gasteiger partial charge in [-0.15, -0.1) is 0 Å². The van der Waals surface area contributed by atoms with Gasteiger partial charge in [0.15, 0.2) is 0 Å². The Morgan fingerprint density at radius 1 is 0.773 bits per heavy atom. The molecule has 2 aromatic carbocycles. The number of nitriles is 2. The standard InChI is InChI=1S/C17H12N2OS2/c18-11-15(13-7-3-1-4-8-13)21-17(20)22-16(12-19)14-9-5-2-6-10-14/h1-10,15-16H. The van der Waals surface area contributed by atoms with E-state index >= 15 is 0 Å². The summed E-state index contributed by atoms with van der Waals surface area (Å²) in [6.45, 7) is 0. The van der Waals surface area contributed by atoms with E-state index in [1.165, 1.54) is 0 Å². The van der Waals surface area contributed by atoms with Gasteiger partial charge in [-0.25, -0.2) is 0 Å². The molecule has 2 rings (SSSR count). The van der Waals surface area contributed by atoms with Crippen LogP contribution in [0.3, 0.4) is 0 Å². The van der Waals surface area contributed by atoms with E-state index < -0.39 is 10.5 Å². The van der Waals surface area contributed by atoms with Crippen molar-refractivity contribution in [2.24, 2.45) is 0 Å². The molecule has 0 aliphatic carbocycles. The maximum absolute atomic E-state index is 12.2. The third-order valence-corrected chi connectivity index (χ3v) is 5.06. The molecule has 0 radical (unpaired) electrons. The largest absolute Gasteiger partial charge is 0.274 e. The maximum Gasteiger partial charge on any atom is 0.249 e. The molecule has 0 aliphatic heterocycles. The summed E-state index contributed by atoms with van der Waals surface area (Å²) in [6.07, 6.45) is 0. The Morgan fingerprint density at radius 3 is 1.45 bits per heavy atom. The molecule has 0 saturated heterocycles. The normalized spacial score (nSPS) is 12.6. The zero-order valence-electron chi connectivity index (χ0n) is 11.5. The first-order valence-corrected chi connectivity index (χ1v) is 8.27. The van der Waals surface area contributed by atoms with Crippen molar-refractivity contribution < 1.29 is 4.79 Å². The molecule has 2 unspecified atom stereocenters. The molecular weight excluding hydrogens is 312 g/mol. The van der Waals surface area contributed by atoms with Crippen molar-refractivity contribution in [3.05, 3.63) is 71.8 Å². The highest BCUT2D eigenvalue weighted by atomic mass is 32.2. The van der Waals surface area contributed by atoms with Gasteiger partial charge in [-0.2, -0.15) is 10.5 Å². The molecule has 3 nitrogen and oxygen atoms in total. The van der Waals surface area contributed by atoms with E-state index in [1.54, 1.807) is 0 Å². The van der Waals surface area contributed by atoms with Gasteiger partial charge in [0, 0.05) is 0 Å². The summed E-state index contributed by atoms with van der Waals surface area (Å²) in [5.74, 6) is 0. The highest BCUT2D eigenvalue weighted by Gasteiger charge is 2.21. The second-order valence-corrected chi connectivity index (χ2v) is 6.74. The summed E-state index contributed by atoms with van der Waals surface area (Å²) in [7, 11) is 0. The first kappa shape index (κ1) is 16.2. The van der Waals surface area contributed by atoms with Crippen molar-refractivity contribution in [1.29, 1.82) is 10.5 Å². The Labute approximate surface area is 138 Å². The Kier molecular flexibility index (Phi) is 6.09. The van der Waals surface area contributed by atoms with Crippen LogP contribution >= 0.6 is 23.5 Å². The van der Waals surface area contributed by atoms with Crippen LogP contribution in [-0.2, 0) is 0 Å². The fourth-order valence-corrected chi connectivity index (χ4v) is 3.69. The predicted octanol–water partition coefficient (Wildman–Crippen LogP) is 5.10. The zero-order valence-corrected chi connectivity index (χ0v) is 13.2. The van der Waals surface area contributed by atoms with E-state index in [9.17, 15) is 15.3 Å². The van der Waals surface area contributed by atoms with Crippen molar-refractivity contribution in [3.8, 4) is 12.1 Å². The maximum atomic E-state index is 12.2. The first-order chi connectivity index (χ1) is 10.7. The van der Waals surface area contributed by atoms with Crippen molar-refractivity contribution >= 4 is 28.0 Å². The monoisotopic (exact) mass is 324 g/mol. The lowest BCUT2D eigenvalue weighted by Gasteiger charge is -2.10. The number of hydrogen-bond donors (Lipinski definition) is 0. The van der Waals surface area contributed by atoms with Gasteiger partial charge in [0.25, 0.3) is 0 Å². The lowest BCUT2D eigenvalue weighted by molar-refractivity contribution is 0.276. The molecule has 0 aliphatic rings. The van der Waals surface area contributed by atoms with Gasteiger partial charge in [0.05, 0.1) is 12.1 Å². The number of hydrogen-bond acceptors (Lipinski definition) is 5. The minimum absolute atomic E-state index is 0.231. The molecule has 0 amide bonds. The first-order valence-electron chi connectivity index (χ1n) is 6.51. The van der Waals surface area contributed by atoms with Gasteiger partial charge < -0.3 is 0 Å². The summed E-state index contributed by atoms with van der Waals surface area (Å²) in [5, 5.41) is 17.4. The van der Waals surface area contributed by atoms with Gasteiger partial charge in [-0.3, -0.25) is 4.79 Å². The Bertz CT molecular complexity index is 643. The van der Waals surface area contributed by atoms with E-state index in [1.807, 2.05) is 60.7 Å². The van der Waals surface area contributed by atoms with Crippen LogP contribution in [0.15, 0.2) is 60.7 Å². The van der Waals surface area contributed by atoms with Crippen LogP contribution in [-0.4, -0.2) is 4.45 Å². The Hall–Kier alpha value is -2.21. The molecule has 5 heteroatoms. The highest BCUT2D eigenvalue weighted by Crippen LogP contribution is 2.38. The third-order valence-electron chi connectivity index (χ3n) is 2.87. The molecule has 22 heavy (non-hydrogen) atoms. The highest BCUT2D eigenvalue weighted by molar-refractivity contribution is 8.38. The average molecular weight is 324 g/mol. The van der Waals surface area contributed by atoms with Crippen LogP contribution in [0.4, 0.5) is 4.79 Å². The van der Waals surface area contributed by atoms with Crippen LogP contribution in [0, 0.1) is 22.7 Å². The Morgan fingerprint density at radius 2 is 1.14 bits per heavy atom. The molecule has 0 aromatic heterocycles. The minimum atomic E-state index is -0.559. The number of nitrogens with zero attached hydrogens (tertiary/aromatic N) is 2. The topological polar surface area (TPSA) is 64.7 Å². The average Bonchev–Trinajstić information content (AvgIpc) is 2.59. The second-order valence-electron chi connectivity index (χ2n) is 4.33. The second kappa shape index (κ2) is 8.29. The number of carbonyl (C=O) groups is 1. The third kappa shape index (κ3) is 4.39. The molecule has 0 fully saturated rings. The number of rotatable bonds is 4. The lowest BCUT2D eigenvalue weighted by Crippen LogP contribution is -1.97. The van der Waals surface area contributed by atoms with Crippen molar-refractivity contribution in [1.82, 2.24) is 0 Å².